The Kier molecular flexibility index (Phi) is 7.26. The number of carbonyl (C=O) groups excluding carboxylic acids is 1. The summed E-state index contributed by atoms with van der Waals surface area (Å²) in [6.45, 7) is 10.2. The fourth-order valence-corrected chi connectivity index (χ4v) is 7.27. The van der Waals surface area contributed by atoms with Crippen molar-refractivity contribution in [2.75, 3.05) is 7.11 Å². The van der Waals surface area contributed by atoms with Crippen LogP contribution in [-0.2, 0) is 14.2 Å². The van der Waals surface area contributed by atoms with Crippen LogP contribution >= 0.6 is 0 Å². The zero-order valence-electron chi connectivity index (χ0n) is 21.1. The predicted molar refractivity (Wildman–Crippen MR) is 126 cm³/mol. The lowest BCUT2D eigenvalue weighted by molar-refractivity contribution is -0.132. The Morgan fingerprint density at radius 1 is 1.00 bits per heavy atom. The van der Waals surface area contributed by atoms with Crippen molar-refractivity contribution in [1.82, 2.24) is 4.90 Å². The molecule has 0 radical (unpaired) electrons. The first-order chi connectivity index (χ1) is 15.2. The van der Waals surface area contributed by atoms with Crippen molar-refractivity contribution in [2.45, 2.75) is 116 Å². The van der Waals surface area contributed by atoms with Gasteiger partial charge in [0.15, 0.2) is 6.29 Å². The molecule has 0 aromatic rings. The molecule has 2 aliphatic heterocycles. The molecule has 4 rings (SSSR count). The number of amides is 1. The number of methoxy groups -OCH3 is 1. The Hall–Kier alpha value is -1.07. The summed E-state index contributed by atoms with van der Waals surface area (Å²) < 4.78 is 17.8. The first kappa shape index (κ1) is 24.1. The maximum absolute atomic E-state index is 13.1. The fraction of sp³-hybridized carbons (Fsp3) is 0.889. The van der Waals surface area contributed by atoms with Crippen LogP contribution in [0.25, 0.3) is 0 Å². The van der Waals surface area contributed by atoms with Crippen molar-refractivity contribution in [2.24, 2.45) is 29.6 Å². The lowest BCUT2D eigenvalue weighted by Crippen LogP contribution is -2.50. The summed E-state index contributed by atoms with van der Waals surface area (Å²) in [6, 6.07) is 0.327. The van der Waals surface area contributed by atoms with E-state index < -0.39 is 5.60 Å². The minimum atomic E-state index is -0.472. The standard InChI is InChI=1S/C27H45NO4/c1-17-10-9-12-20(28(17)26(29)32-27(3,4)5)14-15-22-21-13-8-7-11-19(21)16-23-24(22)18(2)31-25(23)30-6/h14-15,17-25H,7-13,16H2,1-6H3/b15-14+/t17-,18-,19+,20+,21-,22+,23-,24+,25+/m0/s1. The normalized spacial score (nSPS) is 42.6. The van der Waals surface area contributed by atoms with Gasteiger partial charge in [0.25, 0.3) is 0 Å². The lowest BCUT2D eigenvalue weighted by Gasteiger charge is -2.47. The zero-order valence-corrected chi connectivity index (χ0v) is 21.1. The Morgan fingerprint density at radius 2 is 1.75 bits per heavy atom. The zero-order chi connectivity index (χ0) is 23.0. The third kappa shape index (κ3) is 4.89. The molecule has 4 fully saturated rings. The van der Waals surface area contributed by atoms with Gasteiger partial charge in [-0.1, -0.05) is 31.4 Å². The van der Waals surface area contributed by atoms with Crippen LogP contribution < -0.4 is 0 Å². The molecule has 2 aliphatic carbocycles. The van der Waals surface area contributed by atoms with Gasteiger partial charge in [0.1, 0.15) is 5.60 Å². The van der Waals surface area contributed by atoms with Gasteiger partial charge in [-0.05, 0) is 90.4 Å². The van der Waals surface area contributed by atoms with E-state index in [1.165, 1.54) is 32.1 Å². The van der Waals surface area contributed by atoms with Gasteiger partial charge in [-0.15, -0.1) is 0 Å². The molecule has 0 unspecified atom stereocenters. The highest BCUT2D eigenvalue weighted by atomic mass is 16.7. The van der Waals surface area contributed by atoms with E-state index in [-0.39, 0.29) is 30.6 Å². The van der Waals surface area contributed by atoms with E-state index in [0.29, 0.717) is 17.8 Å². The lowest BCUT2D eigenvalue weighted by atomic mass is 9.57. The summed E-state index contributed by atoms with van der Waals surface area (Å²) in [5, 5.41) is 0. The van der Waals surface area contributed by atoms with Crippen molar-refractivity contribution in [3.8, 4) is 0 Å². The highest BCUT2D eigenvalue weighted by molar-refractivity contribution is 5.69. The van der Waals surface area contributed by atoms with Gasteiger partial charge >= 0.3 is 6.09 Å². The average molecular weight is 448 g/mol. The van der Waals surface area contributed by atoms with Crippen molar-refractivity contribution in [3.05, 3.63) is 12.2 Å². The molecule has 5 heteroatoms. The van der Waals surface area contributed by atoms with Crippen molar-refractivity contribution < 1.29 is 19.0 Å². The van der Waals surface area contributed by atoms with Gasteiger partial charge < -0.3 is 14.2 Å². The third-order valence-corrected chi connectivity index (χ3v) is 8.56. The number of allylic oxidation sites excluding steroid dienone is 1. The smallest absolute Gasteiger partial charge is 0.411 e. The predicted octanol–water partition coefficient (Wildman–Crippen LogP) is 6.17. The summed E-state index contributed by atoms with van der Waals surface area (Å²) in [4.78, 5) is 15.1. The highest BCUT2D eigenvalue weighted by Gasteiger charge is 2.53. The number of fused-ring (bicyclic) bond motifs is 2. The Labute approximate surface area is 195 Å². The van der Waals surface area contributed by atoms with Crippen LogP contribution in [0.3, 0.4) is 0 Å². The largest absolute Gasteiger partial charge is 0.444 e. The van der Waals surface area contributed by atoms with Crippen LogP contribution in [0.5, 0.6) is 0 Å². The molecule has 0 aromatic heterocycles. The Morgan fingerprint density at radius 3 is 2.47 bits per heavy atom. The van der Waals surface area contributed by atoms with E-state index in [2.05, 4.69) is 26.0 Å². The molecule has 9 atom stereocenters. The summed E-state index contributed by atoms with van der Waals surface area (Å²) in [5.41, 5.74) is -0.472. The molecular formula is C27H45NO4. The highest BCUT2D eigenvalue weighted by Crippen LogP contribution is 2.55. The van der Waals surface area contributed by atoms with E-state index >= 15 is 0 Å². The molecule has 32 heavy (non-hydrogen) atoms. The number of ether oxygens (including phenoxy) is 3. The molecule has 0 spiro atoms. The number of likely N-dealkylation sites (tertiary alicyclic amines) is 1. The molecule has 2 saturated carbocycles. The van der Waals surface area contributed by atoms with Gasteiger partial charge in [-0.25, -0.2) is 4.79 Å². The van der Waals surface area contributed by atoms with Gasteiger partial charge in [-0.2, -0.15) is 0 Å². The number of carbonyl (C=O) groups is 1. The quantitative estimate of drug-likeness (QED) is 0.485. The molecule has 0 aromatic carbocycles. The molecule has 0 bridgehead atoms. The summed E-state index contributed by atoms with van der Waals surface area (Å²) in [5.74, 6) is 3.01. The second kappa shape index (κ2) is 9.66. The van der Waals surface area contributed by atoms with E-state index in [4.69, 9.17) is 14.2 Å². The molecule has 4 aliphatic rings. The third-order valence-electron chi connectivity index (χ3n) is 8.56. The van der Waals surface area contributed by atoms with E-state index in [0.717, 1.165) is 31.1 Å². The Balaban J connectivity index is 1.57. The number of nitrogens with zero attached hydrogens (tertiary/aromatic N) is 1. The van der Waals surface area contributed by atoms with Gasteiger partial charge in [0.2, 0.25) is 0 Å². The number of hydrogen-bond donors (Lipinski definition) is 0. The molecule has 2 saturated heterocycles. The second-order valence-electron chi connectivity index (χ2n) is 11.8. The number of rotatable bonds is 3. The van der Waals surface area contributed by atoms with E-state index in [9.17, 15) is 4.79 Å². The summed E-state index contributed by atoms with van der Waals surface area (Å²) >= 11 is 0. The van der Waals surface area contributed by atoms with Crippen molar-refractivity contribution >= 4 is 6.09 Å². The van der Waals surface area contributed by atoms with Crippen molar-refractivity contribution in [3.63, 3.8) is 0 Å². The molecular weight excluding hydrogens is 402 g/mol. The van der Waals surface area contributed by atoms with Crippen molar-refractivity contribution in [1.29, 1.82) is 0 Å². The van der Waals surface area contributed by atoms with Crippen LogP contribution in [0.15, 0.2) is 12.2 Å². The molecule has 0 N–H and O–H groups in total. The number of hydrogen-bond acceptors (Lipinski definition) is 4. The van der Waals surface area contributed by atoms with Gasteiger partial charge in [0, 0.05) is 19.1 Å². The molecule has 2 heterocycles. The number of piperidine rings is 1. The Bertz CT molecular complexity index is 686. The van der Waals surface area contributed by atoms with Gasteiger partial charge in [0.05, 0.1) is 12.1 Å². The monoisotopic (exact) mass is 447 g/mol. The maximum Gasteiger partial charge on any atom is 0.411 e. The minimum absolute atomic E-state index is 0.0678. The SMILES string of the molecule is CO[C@@H]1O[C@@H](C)[C@@H]2[C@H](/C=C/[C@H]3CCC[C@H](C)N3C(=O)OC(C)(C)C)[C@H]3CCCC[C@@H]3C[C@H]12. The average Bonchev–Trinajstić information content (AvgIpc) is 3.05. The fourth-order valence-electron chi connectivity index (χ4n) is 7.27. The molecule has 182 valence electrons. The first-order valence-corrected chi connectivity index (χ1v) is 13.1. The molecule has 5 nitrogen and oxygen atoms in total. The topological polar surface area (TPSA) is 48.0 Å². The van der Waals surface area contributed by atoms with E-state index in [1.807, 2.05) is 25.7 Å². The second-order valence-corrected chi connectivity index (χ2v) is 11.8. The van der Waals surface area contributed by atoms with Crippen LogP contribution in [0, 0.1) is 29.6 Å². The first-order valence-electron chi connectivity index (χ1n) is 13.1. The van der Waals surface area contributed by atoms with E-state index in [1.54, 1.807) is 7.11 Å². The summed E-state index contributed by atoms with van der Waals surface area (Å²) in [7, 11) is 1.79. The van der Waals surface area contributed by atoms with Crippen LogP contribution in [-0.4, -0.2) is 48.2 Å². The van der Waals surface area contributed by atoms with Crippen LogP contribution in [0.1, 0.15) is 86.0 Å². The molecule has 1 amide bonds. The summed E-state index contributed by atoms with van der Waals surface area (Å²) in [6.07, 6.45) is 14.6. The van der Waals surface area contributed by atoms with Gasteiger partial charge in [-0.3, -0.25) is 4.90 Å². The van der Waals surface area contributed by atoms with Crippen LogP contribution in [0.2, 0.25) is 0 Å². The van der Waals surface area contributed by atoms with Crippen LogP contribution in [0.4, 0.5) is 4.79 Å². The minimum Gasteiger partial charge on any atom is -0.444 e. The maximum atomic E-state index is 13.1.